The molecule has 0 saturated carbocycles. The Labute approximate surface area is 113 Å². The molecule has 1 N–H and O–H groups in total. The van der Waals surface area contributed by atoms with Gasteiger partial charge in [-0.2, -0.15) is 0 Å². The Kier molecular flexibility index (Phi) is 4.37. The molecular weight excluding hydrogens is 242 g/mol. The SMILES string of the molecule is CC[C@H](O)c1ccc(N2CCN(C=O)CC2)nc1C. The summed E-state index contributed by atoms with van der Waals surface area (Å²) in [6.45, 7) is 6.98. The van der Waals surface area contributed by atoms with Gasteiger partial charge in [0.15, 0.2) is 0 Å². The highest BCUT2D eigenvalue weighted by Gasteiger charge is 2.18. The number of aliphatic hydroxyl groups is 1. The molecule has 0 unspecified atom stereocenters. The van der Waals surface area contributed by atoms with Crippen molar-refractivity contribution >= 4 is 12.2 Å². The lowest BCUT2D eigenvalue weighted by Crippen LogP contribution is -2.46. The highest BCUT2D eigenvalue weighted by atomic mass is 16.3. The summed E-state index contributed by atoms with van der Waals surface area (Å²) in [5.74, 6) is 0.926. The van der Waals surface area contributed by atoms with Crippen LogP contribution in [0.1, 0.15) is 30.7 Å². The predicted octanol–water partition coefficient (Wildman–Crippen LogP) is 1.11. The van der Waals surface area contributed by atoms with Crippen LogP contribution in [0.2, 0.25) is 0 Å². The van der Waals surface area contributed by atoms with Gasteiger partial charge in [-0.25, -0.2) is 4.98 Å². The molecule has 1 aliphatic rings. The van der Waals surface area contributed by atoms with Crippen LogP contribution >= 0.6 is 0 Å². The van der Waals surface area contributed by atoms with Gasteiger partial charge in [-0.05, 0) is 19.4 Å². The van der Waals surface area contributed by atoms with Crippen molar-refractivity contribution < 1.29 is 9.90 Å². The first-order valence-electron chi connectivity index (χ1n) is 6.75. The first-order valence-corrected chi connectivity index (χ1v) is 6.75. The Morgan fingerprint density at radius 2 is 2.05 bits per heavy atom. The van der Waals surface area contributed by atoms with E-state index < -0.39 is 6.10 Å². The van der Waals surface area contributed by atoms with Gasteiger partial charge >= 0.3 is 0 Å². The number of amides is 1. The molecule has 2 heterocycles. The second-order valence-electron chi connectivity index (χ2n) is 4.90. The summed E-state index contributed by atoms with van der Waals surface area (Å²) in [5.41, 5.74) is 1.78. The normalized spacial score (nSPS) is 17.4. The highest BCUT2D eigenvalue weighted by Crippen LogP contribution is 2.22. The van der Waals surface area contributed by atoms with Gasteiger partial charge in [0.25, 0.3) is 0 Å². The van der Waals surface area contributed by atoms with E-state index in [1.54, 1.807) is 4.90 Å². The zero-order valence-electron chi connectivity index (χ0n) is 11.5. The number of aryl methyl sites for hydroxylation is 1. The third-order valence-corrected chi connectivity index (χ3v) is 3.65. The van der Waals surface area contributed by atoms with Crippen molar-refractivity contribution in [3.63, 3.8) is 0 Å². The maximum atomic E-state index is 10.7. The second-order valence-corrected chi connectivity index (χ2v) is 4.90. The lowest BCUT2D eigenvalue weighted by atomic mass is 10.1. The number of pyridine rings is 1. The topological polar surface area (TPSA) is 56.7 Å². The summed E-state index contributed by atoms with van der Waals surface area (Å²) >= 11 is 0. The molecule has 1 fully saturated rings. The largest absolute Gasteiger partial charge is 0.388 e. The number of anilines is 1. The van der Waals surface area contributed by atoms with Crippen LogP contribution < -0.4 is 4.90 Å². The van der Waals surface area contributed by atoms with Crippen molar-refractivity contribution in [2.75, 3.05) is 31.1 Å². The molecule has 0 aliphatic carbocycles. The summed E-state index contributed by atoms with van der Waals surface area (Å²) < 4.78 is 0. The molecular formula is C14H21N3O2. The van der Waals surface area contributed by atoms with Gasteiger partial charge in [-0.3, -0.25) is 4.79 Å². The van der Waals surface area contributed by atoms with E-state index in [0.29, 0.717) is 6.42 Å². The lowest BCUT2D eigenvalue weighted by Gasteiger charge is -2.33. The van der Waals surface area contributed by atoms with E-state index in [-0.39, 0.29) is 0 Å². The summed E-state index contributed by atoms with van der Waals surface area (Å²) in [7, 11) is 0. The van der Waals surface area contributed by atoms with E-state index in [1.165, 1.54) is 0 Å². The number of aromatic nitrogens is 1. The van der Waals surface area contributed by atoms with Crippen LogP contribution in [0.3, 0.4) is 0 Å². The molecule has 1 aromatic heterocycles. The standard InChI is InChI=1S/C14H21N3O2/c1-3-13(19)12-4-5-14(15-11(12)2)17-8-6-16(10-18)7-9-17/h4-5,10,13,19H,3,6-9H2,1-2H3/t13-/m0/s1. The molecule has 0 spiro atoms. The van der Waals surface area contributed by atoms with Gasteiger partial charge in [0.05, 0.1) is 6.10 Å². The fourth-order valence-electron chi connectivity index (χ4n) is 2.36. The van der Waals surface area contributed by atoms with Crippen LogP contribution in [-0.4, -0.2) is 47.6 Å². The van der Waals surface area contributed by atoms with Crippen molar-refractivity contribution in [2.45, 2.75) is 26.4 Å². The molecule has 5 nitrogen and oxygen atoms in total. The molecule has 2 rings (SSSR count). The summed E-state index contributed by atoms with van der Waals surface area (Å²) in [6.07, 6.45) is 1.16. The molecule has 1 saturated heterocycles. The van der Waals surface area contributed by atoms with Gasteiger partial charge in [-0.1, -0.05) is 13.0 Å². The third kappa shape index (κ3) is 3.04. The van der Waals surface area contributed by atoms with Gasteiger partial charge < -0.3 is 14.9 Å². The minimum Gasteiger partial charge on any atom is -0.388 e. The molecule has 1 atom stereocenters. The van der Waals surface area contributed by atoms with Crippen LogP contribution in [0.25, 0.3) is 0 Å². The number of nitrogens with zero attached hydrogens (tertiary/aromatic N) is 3. The maximum Gasteiger partial charge on any atom is 0.209 e. The number of piperazine rings is 1. The zero-order chi connectivity index (χ0) is 13.8. The van der Waals surface area contributed by atoms with Crippen molar-refractivity contribution in [2.24, 2.45) is 0 Å². The molecule has 1 amide bonds. The van der Waals surface area contributed by atoms with Crippen LogP contribution in [0.15, 0.2) is 12.1 Å². The first kappa shape index (κ1) is 13.8. The van der Waals surface area contributed by atoms with Crippen LogP contribution in [0.4, 0.5) is 5.82 Å². The number of hydrogen-bond donors (Lipinski definition) is 1. The van der Waals surface area contributed by atoms with Gasteiger partial charge in [0, 0.05) is 37.4 Å². The molecule has 0 bridgehead atoms. The molecule has 5 heteroatoms. The molecule has 104 valence electrons. The van der Waals surface area contributed by atoms with Crippen molar-refractivity contribution in [3.05, 3.63) is 23.4 Å². The molecule has 19 heavy (non-hydrogen) atoms. The molecule has 1 aromatic rings. The third-order valence-electron chi connectivity index (χ3n) is 3.65. The molecule has 0 radical (unpaired) electrons. The number of aliphatic hydroxyl groups excluding tert-OH is 1. The highest BCUT2D eigenvalue weighted by molar-refractivity contribution is 5.49. The van der Waals surface area contributed by atoms with Crippen molar-refractivity contribution in [1.29, 1.82) is 0 Å². The van der Waals surface area contributed by atoms with Crippen molar-refractivity contribution in [1.82, 2.24) is 9.88 Å². The van der Waals surface area contributed by atoms with E-state index >= 15 is 0 Å². The van der Waals surface area contributed by atoms with Crippen LogP contribution in [0, 0.1) is 6.92 Å². The van der Waals surface area contributed by atoms with Crippen LogP contribution in [-0.2, 0) is 4.79 Å². The van der Waals surface area contributed by atoms with E-state index in [2.05, 4.69) is 9.88 Å². The monoisotopic (exact) mass is 263 g/mol. The Hall–Kier alpha value is -1.62. The average Bonchev–Trinajstić information content (AvgIpc) is 2.46. The Morgan fingerprint density at radius 1 is 1.37 bits per heavy atom. The predicted molar refractivity (Wildman–Crippen MR) is 74.1 cm³/mol. The fraction of sp³-hybridized carbons (Fsp3) is 0.571. The molecule has 1 aliphatic heterocycles. The first-order chi connectivity index (χ1) is 9.15. The van der Waals surface area contributed by atoms with Crippen LogP contribution in [0.5, 0.6) is 0 Å². The lowest BCUT2D eigenvalue weighted by molar-refractivity contribution is -0.118. The Bertz CT molecular complexity index is 442. The maximum absolute atomic E-state index is 10.7. The molecule has 0 aromatic carbocycles. The van der Waals surface area contributed by atoms with Gasteiger partial charge in [0.1, 0.15) is 5.82 Å². The zero-order valence-corrected chi connectivity index (χ0v) is 11.5. The summed E-state index contributed by atoms with van der Waals surface area (Å²) in [6, 6.07) is 3.91. The van der Waals surface area contributed by atoms with Crippen molar-refractivity contribution in [3.8, 4) is 0 Å². The number of carbonyl (C=O) groups excluding carboxylic acids is 1. The second kappa shape index (κ2) is 6.02. The average molecular weight is 263 g/mol. The summed E-state index contributed by atoms with van der Waals surface area (Å²) in [5, 5.41) is 9.88. The minimum absolute atomic E-state index is 0.437. The van der Waals surface area contributed by atoms with E-state index in [4.69, 9.17) is 0 Å². The fourth-order valence-corrected chi connectivity index (χ4v) is 2.36. The summed E-state index contributed by atoms with van der Waals surface area (Å²) in [4.78, 5) is 19.2. The number of carbonyl (C=O) groups is 1. The van der Waals surface area contributed by atoms with Gasteiger partial charge in [0.2, 0.25) is 6.41 Å². The quantitative estimate of drug-likeness (QED) is 0.827. The minimum atomic E-state index is -0.437. The van der Waals surface area contributed by atoms with E-state index in [9.17, 15) is 9.90 Å². The smallest absolute Gasteiger partial charge is 0.209 e. The number of hydrogen-bond acceptors (Lipinski definition) is 4. The Balaban J connectivity index is 2.10. The van der Waals surface area contributed by atoms with Gasteiger partial charge in [-0.15, -0.1) is 0 Å². The van der Waals surface area contributed by atoms with E-state index in [1.807, 2.05) is 26.0 Å². The van der Waals surface area contributed by atoms with E-state index in [0.717, 1.165) is 49.7 Å². The Morgan fingerprint density at radius 3 is 2.58 bits per heavy atom. The number of rotatable bonds is 4.